The number of hydrogen-bond acceptors (Lipinski definition) is 5. The maximum Gasteiger partial charge on any atom is 0.267 e. The summed E-state index contributed by atoms with van der Waals surface area (Å²) >= 11 is 0. The van der Waals surface area contributed by atoms with Crippen molar-refractivity contribution in [3.05, 3.63) is 24.0 Å². The standard InChI is InChI=1S/C8H13N5O/c1-13(2)12-8(14)6-3-4-10-5-7(6)11-9/h3-5,11H,9H2,1-2H3,(H,12,14). The van der Waals surface area contributed by atoms with E-state index >= 15 is 0 Å². The fraction of sp³-hybridized carbons (Fsp3) is 0.250. The van der Waals surface area contributed by atoms with E-state index in [4.69, 9.17) is 5.84 Å². The summed E-state index contributed by atoms with van der Waals surface area (Å²) in [6.45, 7) is 0. The monoisotopic (exact) mass is 195 g/mol. The molecule has 1 rings (SSSR count). The Balaban J connectivity index is 2.88. The van der Waals surface area contributed by atoms with Gasteiger partial charge in [-0.1, -0.05) is 0 Å². The third-order valence-corrected chi connectivity index (χ3v) is 1.55. The highest BCUT2D eigenvalue weighted by Gasteiger charge is 2.10. The summed E-state index contributed by atoms with van der Waals surface area (Å²) in [7, 11) is 3.46. The molecule has 1 aromatic heterocycles. The van der Waals surface area contributed by atoms with E-state index in [1.165, 1.54) is 12.4 Å². The first-order chi connectivity index (χ1) is 6.65. The molecule has 76 valence electrons. The second-order valence-corrected chi connectivity index (χ2v) is 2.90. The Bertz CT molecular complexity index is 325. The van der Waals surface area contributed by atoms with Crippen molar-refractivity contribution in [1.29, 1.82) is 0 Å². The van der Waals surface area contributed by atoms with Crippen LogP contribution in [-0.2, 0) is 0 Å². The number of nitrogens with one attached hydrogen (secondary N) is 2. The minimum atomic E-state index is -0.231. The predicted octanol–water partition coefficient (Wildman–Crippen LogP) is -0.426. The van der Waals surface area contributed by atoms with Crippen molar-refractivity contribution in [2.24, 2.45) is 5.84 Å². The number of nitrogen functional groups attached to an aromatic ring is 1. The van der Waals surface area contributed by atoms with E-state index in [2.05, 4.69) is 15.8 Å². The molecule has 0 fully saturated rings. The van der Waals surface area contributed by atoms with Gasteiger partial charge in [0.2, 0.25) is 0 Å². The maximum atomic E-state index is 11.6. The molecule has 0 spiro atoms. The molecule has 4 N–H and O–H groups in total. The van der Waals surface area contributed by atoms with E-state index in [1.54, 1.807) is 25.2 Å². The SMILES string of the molecule is CN(C)NC(=O)c1ccncc1NN. The molecule has 14 heavy (non-hydrogen) atoms. The van der Waals surface area contributed by atoms with E-state index in [0.29, 0.717) is 11.3 Å². The predicted molar refractivity (Wildman–Crippen MR) is 53.2 cm³/mol. The van der Waals surface area contributed by atoms with E-state index in [0.717, 1.165) is 0 Å². The number of anilines is 1. The van der Waals surface area contributed by atoms with Gasteiger partial charge in [0.15, 0.2) is 0 Å². The molecule has 6 nitrogen and oxygen atoms in total. The lowest BCUT2D eigenvalue weighted by molar-refractivity contribution is 0.0857. The number of nitrogens with two attached hydrogens (primary N) is 1. The second kappa shape index (κ2) is 4.54. The van der Waals surface area contributed by atoms with E-state index in [9.17, 15) is 4.79 Å². The lowest BCUT2D eigenvalue weighted by atomic mass is 10.2. The average molecular weight is 195 g/mol. The molecule has 0 saturated carbocycles. The number of aromatic nitrogens is 1. The lowest BCUT2D eigenvalue weighted by Gasteiger charge is -2.13. The zero-order chi connectivity index (χ0) is 10.6. The van der Waals surface area contributed by atoms with Crippen LogP contribution in [0.25, 0.3) is 0 Å². The van der Waals surface area contributed by atoms with E-state index in [-0.39, 0.29) is 5.91 Å². The van der Waals surface area contributed by atoms with Crippen LogP contribution in [0, 0.1) is 0 Å². The van der Waals surface area contributed by atoms with Crippen molar-refractivity contribution in [1.82, 2.24) is 15.4 Å². The van der Waals surface area contributed by atoms with Gasteiger partial charge >= 0.3 is 0 Å². The Hall–Kier alpha value is -1.66. The summed E-state index contributed by atoms with van der Waals surface area (Å²) < 4.78 is 0. The zero-order valence-corrected chi connectivity index (χ0v) is 8.11. The molecule has 1 heterocycles. The Morgan fingerprint density at radius 2 is 2.29 bits per heavy atom. The van der Waals surface area contributed by atoms with Gasteiger partial charge in [0.25, 0.3) is 5.91 Å². The summed E-state index contributed by atoms with van der Waals surface area (Å²) in [5.41, 5.74) is 5.96. The fourth-order valence-corrected chi connectivity index (χ4v) is 0.971. The number of hydrazine groups is 2. The van der Waals surface area contributed by atoms with Crippen LogP contribution in [0.3, 0.4) is 0 Å². The van der Waals surface area contributed by atoms with Gasteiger partial charge in [0, 0.05) is 20.3 Å². The maximum absolute atomic E-state index is 11.6. The second-order valence-electron chi connectivity index (χ2n) is 2.90. The molecule has 1 aromatic rings. The first-order valence-corrected chi connectivity index (χ1v) is 4.04. The van der Waals surface area contributed by atoms with Crippen molar-refractivity contribution in [2.75, 3.05) is 19.5 Å². The van der Waals surface area contributed by atoms with Crippen LogP contribution in [0.15, 0.2) is 18.5 Å². The van der Waals surface area contributed by atoms with Gasteiger partial charge in [-0.3, -0.25) is 21.0 Å². The zero-order valence-electron chi connectivity index (χ0n) is 8.11. The Morgan fingerprint density at radius 1 is 1.57 bits per heavy atom. The van der Waals surface area contributed by atoms with Crippen LogP contribution < -0.4 is 16.7 Å². The molecule has 0 aliphatic carbocycles. The molecular weight excluding hydrogens is 182 g/mol. The van der Waals surface area contributed by atoms with Crippen molar-refractivity contribution in [2.45, 2.75) is 0 Å². The quantitative estimate of drug-likeness (QED) is 0.450. The largest absolute Gasteiger partial charge is 0.322 e. The summed E-state index contributed by atoms with van der Waals surface area (Å²) in [5, 5.41) is 1.56. The minimum Gasteiger partial charge on any atom is -0.322 e. The minimum absolute atomic E-state index is 0.231. The van der Waals surface area contributed by atoms with Gasteiger partial charge in [-0.25, -0.2) is 5.01 Å². The summed E-state index contributed by atoms with van der Waals surface area (Å²) in [6.07, 6.45) is 3.02. The number of hydrogen-bond donors (Lipinski definition) is 3. The van der Waals surface area contributed by atoms with Crippen molar-refractivity contribution in [3.63, 3.8) is 0 Å². The summed E-state index contributed by atoms with van der Waals surface area (Å²) in [6, 6.07) is 1.59. The Kier molecular flexibility index (Phi) is 3.38. The third kappa shape index (κ3) is 2.41. The first kappa shape index (κ1) is 10.4. The fourth-order valence-electron chi connectivity index (χ4n) is 0.971. The highest BCUT2D eigenvalue weighted by molar-refractivity contribution is 5.98. The molecule has 0 bridgehead atoms. The van der Waals surface area contributed by atoms with Gasteiger partial charge in [-0.15, -0.1) is 0 Å². The topological polar surface area (TPSA) is 83.3 Å². The third-order valence-electron chi connectivity index (χ3n) is 1.55. The molecule has 0 unspecified atom stereocenters. The molecule has 0 atom stereocenters. The summed E-state index contributed by atoms with van der Waals surface area (Å²) in [4.78, 5) is 15.4. The van der Waals surface area contributed by atoms with Gasteiger partial charge in [0.05, 0.1) is 17.4 Å². The van der Waals surface area contributed by atoms with Crippen molar-refractivity contribution in [3.8, 4) is 0 Å². The van der Waals surface area contributed by atoms with Gasteiger partial charge < -0.3 is 5.43 Å². The smallest absolute Gasteiger partial charge is 0.267 e. The lowest BCUT2D eigenvalue weighted by Crippen LogP contribution is -2.36. The number of carbonyl (C=O) groups excluding carboxylic acids is 1. The Labute approximate surface area is 82.0 Å². The van der Waals surface area contributed by atoms with Crippen LogP contribution >= 0.6 is 0 Å². The molecule has 0 saturated heterocycles. The molecular formula is C8H13N5O. The van der Waals surface area contributed by atoms with Crippen LogP contribution in [0.2, 0.25) is 0 Å². The molecule has 0 aliphatic heterocycles. The number of nitrogens with zero attached hydrogens (tertiary/aromatic N) is 2. The number of amides is 1. The van der Waals surface area contributed by atoms with Gasteiger partial charge in [-0.05, 0) is 6.07 Å². The Morgan fingerprint density at radius 3 is 2.86 bits per heavy atom. The molecule has 6 heteroatoms. The van der Waals surface area contributed by atoms with Gasteiger partial charge in [0.1, 0.15) is 0 Å². The van der Waals surface area contributed by atoms with Crippen molar-refractivity contribution >= 4 is 11.6 Å². The molecule has 0 aliphatic rings. The van der Waals surface area contributed by atoms with E-state index in [1.807, 2.05) is 0 Å². The highest BCUT2D eigenvalue weighted by atomic mass is 16.2. The molecule has 0 radical (unpaired) electrons. The van der Waals surface area contributed by atoms with Crippen LogP contribution in [0.1, 0.15) is 10.4 Å². The number of rotatable bonds is 3. The number of pyridine rings is 1. The first-order valence-electron chi connectivity index (χ1n) is 4.04. The summed E-state index contributed by atoms with van der Waals surface area (Å²) in [5.74, 6) is 5.00. The highest BCUT2D eigenvalue weighted by Crippen LogP contribution is 2.10. The molecule has 0 aromatic carbocycles. The van der Waals surface area contributed by atoms with Crippen molar-refractivity contribution < 1.29 is 4.79 Å². The normalized spacial score (nSPS) is 10.0. The number of carbonyl (C=O) groups is 1. The molecule has 1 amide bonds. The average Bonchev–Trinajstić information content (AvgIpc) is 2.16. The van der Waals surface area contributed by atoms with Crippen LogP contribution in [0.5, 0.6) is 0 Å². The van der Waals surface area contributed by atoms with Crippen LogP contribution in [0.4, 0.5) is 5.69 Å². The van der Waals surface area contributed by atoms with Crippen LogP contribution in [-0.4, -0.2) is 30.0 Å². The van der Waals surface area contributed by atoms with Gasteiger partial charge in [-0.2, -0.15) is 0 Å². The van der Waals surface area contributed by atoms with E-state index < -0.39 is 0 Å².